The Bertz CT molecular complexity index is 842. The first-order valence-electron chi connectivity index (χ1n) is 7.19. The molecule has 1 aromatic heterocycles. The molecule has 2 N–H and O–H groups in total. The molecule has 5 heteroatoms. The number of aliphatic carboxylic acids is 1. The number of thiophene rings is 1. The first-order valence-corrected chi connectivity index (χ1v) is 8.07. The van der Waals surface area contributed by atoms with Crippen molar-refractivity contribution in [3.05, 3.63) is 71.1 Å². The van der Waals surface area contributed by atoms with Crippen LogP contribution in [0, 0.1) is 0 Å². The minimum Gasteiger partial charge on any atom is -0.481 e. The molecule has 2 aromatic carbocycles. The molecule has 0 saturated heterocycles. The first kappa shape index (κ1) is 15.2. The van der Waals surface area contributed by atoms with Gasteiger partial charge in [0, 0.05) is 22.0 Å². The van der Waals surface area contributed by atoms with Gasteiger partial charge in [-0.15, -0.1) is 11.3 Å². The number of carboxylic acid groups (broad SMARTS) is 1. The van der Waals surface area contributed by atoms with E-state index >= 15 is 0 Å². The fourth-order valence-corrected chi connectivity index (χ4v) is 3.42. The third-order valence-electron chi connectivity index (χ3n) is 3.69. The zero-order valence-electron chi connectivity index (χ0n) is 12.2. The van der Waals surface area contributed by atoms with Crippen LogP contribution in [0.25, 0.3) is 10.1 Å². The summed E-state index contributed by atoms with van der Waals surface area (Å²) in [4.78, 5) is 23.8. The largest absolute Gasteiger partial charge is 0.481 e. The number of hydrogen-bond donors (Lipinski definition) is 2. The van der Waals surface area contributed by atoms with Crippen LogP contribution in [0.5, 0.6) is 0 Å². The van der Waals surface area contributed by atoms with Gasteiger partial charge < -0.3 is 10.4 Å². The predicted molar refractivity (Wildman–Crippen MR) is 91.0 cm³/mol. The lowest BCUT2D eigenvalue weighted by molar-refractivity contribution is -0.138. The summed E-state index contributed by atoms with van der Waals surface area (Å²) in [6, 6.07) is 16.6. The van der Waals surface area contributed by atoms with Crippen LogP contribution in [0.1, 0.15) is 21.8 Å². The van der Waals surface area contributed by atoms with Gasteiger partial charge in [-0.2, -0.15) is 0 Å². The number of benzene rings is 2. The van der Waals surface area contributed by atoms with Gasteiger partial charge in [-0.3, -0.25) is 9.59 Å². The van der Waals surface area contributed by atoms with Crippen LogP contribution in [-0.2, 0) is 4.79 Å². The highest BCUT2D eigenvalue weighted by molar-refractivity contribution is 7.17. The van der Waals surface area contributed by atoms with E-state index in [-0.39, 0.29) is 12.5 Å². The average Bonchev–Trinajstić information content (AvgIpc) is 2.99. The Morgan fingerprint density at radius 2 is 1.74 bits per heavy atom. The van der Waals surface area contributed by atoms with Crippen LogP contribution < -0.4 is 5.32 Å². The third kappa shape index (κ3) is 3.24. The summed E-state index contributed by atoms with van der Waals surface area (Å²) in [7, 11) is 0. The summed E-state index contributed by atoms with van der Waals surface area (Å²) in [5.41, 5.74) is 1.26. The number of carbonyl (C=O) groups excluding carboxylic acids is 1. The van der Waals surface area contributed by atoms with Crippen molar-refractivity contribution in [1.29, 1.82) is 0 Å². The molecule has 0 saturated carbocycles. The van der Waals surface area contributed by atoms with E-state index in [4.69, 9.17) is 0 Å². The zero-order chi connectivity index (χ0) is 16.2. The molecule has 1 heterocycles. The summed E-state index contributed by atoms with van der Waals surface area (Å²) in [6.07, 6.45) is 0. The number of rotatable bonds is 5. The zero-order valence-corrected chi connectivity index (χ0v) is 13.0. The first-order chi connectivity index (χ1) is 11.2. The molecule has 0 bridgehead atoms. The summed E-state index contributed by atoms with van der Waals surface area (Å²) in [6.45, 7) is 0.0579. The highest BCUT2D eigenvalue weighted by Crippen LogP contribution is 2.25. The minimum absolute atomic E-state index is 0.0579. The SMILES string of the molecule is O=C(NCC(C(=O)O)c1ccccc1)c1csc2ccccc12. The Morgan fingerprint density at radius 3 is 2.48 bits per heavy atom. The van der Waals surface area contributed by atoms with Crippen molar-refractivity contribution < 1.29 is 14.7 Å². The van der Waals surface area contributed by atoms with E-state index in [9.17, 15) is 14.7 Å². The fraction of sp³-hybridized carbons (Fsp3) is 0.111. The summed E-state index contributed by atoms with van der Waals surface area (Å²) in [5, 5.41) is 14.8. The van der Waals surface area contributed by atoms with Crippen molar-refractivity contribution in [3.63, 3.8) is 0 Å². The maximum absolute atomic E-state index is 12.4. The molecule has 23 heavy (non-hydrogen) atoms. The lowest BCUT2D eigenvalue weighted by atomic mass is 9.99. The molecule has 1 atom stereocenters. The summed E-state index contributed by atoms with van der Waals surface area (Å²) < 4.78 is 1.04. The van der Waals surface area contributed by atoms with Crippen molar-refractivity contribution in [1.82, 2.24) is 5.32 Å². The van der Waals surface area contributed by atoms with Crippen molar-refractivity contribution >= 4 is 33.3 Å². The van der Waals surface area contributed by atoms with Gasteiger partial charge in [0.1, 0.15) is 0 Å². The Balaban J connectivity index is 1.76. The second-order valence-electron chi connectivity index (χ2n) is 5.16. The molecule has 1 amide bonds. The predicted octanol–water partition coefficient (Wildman–Crippen LogP) is 3.50. The smallest absolute Gasteiger partial charge is 0.312 e. The van der Waals surface area contributed by atoms with Gasteiger partial charge in [-0.05, 0) is 11.6 Å². The average molecular weight is 325 g/mol. The van der Waals surface area contributed by atoms with E-state index in [0.717, 1.165) is 10.1 Å². The highest BCUT2D eigenvalue weighted by atomic mass is 32.1. The normalized spacial score (nSPS) is 12.0. The van der Waals surface area contributed by atoms with Crippen molar-refractivity contribution in [2.24, 2.45) is 0 Å². The van der Waals surface area contributed by atoms with Crippen LogP contribution in [-0.4, -0.2) is 23.5 Å². The van der Waals surface area contributed by atoms with Crippen LogP contribution in [0.3, 0.4) is 0 Å². The minimum atomic E-state index is -0.952. The molecule has 0 aliphatic heterocycles. The van der Waals surface area contributed by atoms with Crippen LogP contribution in [0.2, 0.25) is 0 Å². The van der Waals surface area contributed by atoms with Gasteiger partial charge in [0.25, 0.3) is 5.91 Å². The van der Waals surface area contributed by atoms with E-state index in [1.165, 1.54) is 11.3 Å². The third-order valence-corrected chi connectivity index (χ3v) is 4.66. The number of amides is 1. The number of nitrogens with one attached hydrogen (secondary N) is 1. The maximum atomic E-state index is 12.4. The number of hydrogen-bond acceptors (Lipinski definition) is 3. The van der Waals surface area contributed by atoms with Gasteiger partial charge in [0.15, 0.2) is 0 Å². The Morgan fingerprint density at radius 1 is 1.04 bits per heavy atom. The summed E-state index contributed by atoms with van der Waals surface area (Å²) >= 11 is 1.50. The van der Waals surface area contributed by atoms with Crippen molar-refractivity contribution in [2.75, 3.05) is 6.54 Å². The van der Waals surface area contributed by atoms with Gasteiger partial charge >= 0.3 is 5.97 Å². The van der Waals surface area contributed by atoms with Gasteiger partial charge in [-0.1, -0.05) is 48.5 Å². The lowest BCUT2D eigenvalue weighted by Crippen LogP contribution is -2.31. The quantitative estimate of drug-likeness (QED) is 0.754. The highest BCUT2D eigenvalue weighted by Gasteiger charge is 2.21. The lowest BCUT2D eigenvalue weighted by Gasteiger charge is -2.13. The second-order valence-corrected chi connectivity index (χ2v) is 6.07. The van der Waals surface area contributed by atoms with Gasteiger partial charge in [0.05, 0.1) is 11.5 Å². The molecule has 1 unspecified atom stereocenters. The number of carboxylic acids is 1. The Kier molecular flexibility index (Phi) is 4.39. The molecule has 4 nitrogen and oxygen atoms in total. The molecule has 116 valence electrons. The van der Waals surface area contributed by atoms with E-state index < -0.39 is 11.9 Å². The standard InChI is InChI=1S/C18H15NO3S/c20-17(15-11-23-16-9-5-4-8-13(15)16)19-10-14(18(21)22)12-6-2-1-3-7-12/h1-9,11,14H,10H2,(H,19,20)(H,21,22). The Labute approximate surface area is 137 Å². The molecular weight excluding hydrogens is 310 g/mol. The van der Waals surface area contributed by atoms with E-state index in [0.29, 0.717) is 11.1 Å². The molecule has 0 spiro atoms. The van der Waals surface area contributed by atoms with Gasteiger partial charge in [0.2, 0.25) is 0 Å². The van der Waals surface area contributed by atoms with E-state index in [1.54, 1.807) is 29.6 Å². The molecule has 0 aliphatic rings. The van der Waals surface area contributed by atoms with Crippen molar-refractivity contribution in [3.8, 4) is 0 Å². The fourth-order valence-electron chi connectivity index (χ4n) is 2.48. The van der Waals surface area contributed by atoms with E-state index in [2.05, 4.69) is 5.32 Å². The van der Waals surface area contributed by atoms with Crippen LogP contribution in [0.15, 0.2) is 60.0 Å². The maximum Gasteiger partial charge on any atom is 0.312 e. The molecular formula is C18H15NO3S. The van der Waals surface area contributed by atoms with Gasteiger partial charge in [-0.25, -0.2) is 0 Å². The molecule has 0 radical (unpaired) electrons. The molecule has 0 aliphatic carbocycles. The molecule has 3 aromatic rings. The van der Waals surface area contributed by atoms with Crippen LogP contribution >= 0.6 is 11.3 Å². The van der Waals surface area contributed by atoms with E-state index in [1.807, 2.05) is 30.3 Å². The second kappa shape index (κ2) is 6.62. The summed E-state index contributed by atoms with van der Waals surface area (Å²) in [5.74, 6) is -1.96. The topological polar surface area (TPSA) is 66.4 Å². The number of carbonyl (C=O) groups is 2. The number of fused-ring (bicyclic) bond motifs is 1. The molecule has 3 rings (SSSR count). The van der Waals surface area contributed by atoms with Crippen LogP contribution in [0.4, 0.5) is 0 Å². The Hall–Kier alpha value is -2.66. The molecule has 0 fully saturated rings. The van der Waals surface area contributed by atoms with Crippen molar-refractivity contribution in [2.45, 2.75) is 5.92 Å². The monoisotopic (exact) mass is 325 g/mol.